The maximum Gasteiger partial charge on any atom is 0.187 e. The van der Waals surface area contributed by atoms with Gasteiger partial charge in [0.05, 0.1) is 6.10 Å². The highest BCUT2D eigenvalue weighted by atomic mass is 32.2. The highest BCUT2D eigenvalue weighted by Gasteiger charge is 2.19. The maximum atomic E-state index is 5.48. The van der Waals surface area contributed by atoms with Gasteiger partial charge in [-0.05, 0) is 24.9 Å². The summed E-state index contributed by atoms with van der Waals surface area (Å²) in [6, 6.07) is 10.4. The molecule has 3 rings (SSSR count). The zero-order valence-electron chi connectivity index (χ0n) is 13.5. The van der Waals surface area contributed by atoms with E-state index in [-0.39, 0.29) is 0 Å². The minimum atomic E-state index is 0.366. The average Bonchev–Trinajstić information content (AvgIpc) is 2.62. The van der Waals surface area contributed by atoms with Crippen molar-refractivity contribution in [3.63, 3.8) is 0 Å². The van der Waals surface area contributed by atoms with Crippen LogP contribution in [0.25, 0.3) is 0 Å². The quantitative estimate of drug-likeness (QED) is 0.600. The van der Waals surface area contributed by atoms with Crippen LogP contribution in [-0.4, -0.2) is 41.2 Å². The van der Waals surface area contributed by atoms with Crippen LogP contribution in [0, 0.1) is 0 Å². The van der Waals surface area contributed by atoms with Crippen molar-refractivity contribution in [1.29, 1.82) is 0 Å². The van der Waals surface area contributed by atoms with E-state index in [9.17, 15) is 0 Å². The van der Waals surface area contributed by atoms with Crippen molar-refractivity contribution in [3.05, 3.63) is 53.9 Å². The predicted octanol–water partition coefficient (Wildman–Crippen LogP) is 3.38. The lowest BCUT2D eigenvalue weighted by atomic mass is 10.1. The summed E-state index contributed by atoms with van der Waals surface area (Å²) < 4.78 is 5.48. The van der Waals surface area contributed by atoms with Crippen LogP contribution in [-0.2, 0) is 17.0 Å². The van der Waals surface area contributed by atoms with E-state index in [1.54, 1.807) is 18.9 Å². The second kappa shape index (κ2) is 8.43. The Bertz CT molecular complexity index is 591. The van der Waals surface area contributed by atoms with Crippen LogP contribution in [0.4, 0.5) is 0 Å². The molecule has 1 aromatic heterocycles. The lowest BCUT2D eigenvalue weighted by Gasteiger charge is -2.31. The number of ether oxygens (including phenoxy) is 1. The molecule has 0 radical (unpaired) electrons. The molecule has 0 amide bonds. The Morgan fingerprint density at radius 3 is 2.70 bits per heavy atom. The molecular formula is C18H23N3OS. The van der Waals surface area contributed by atoms with Crippen LogP contribution >= 0.6 is 11.8 Å². The molecule has 23 heavy (non-hydrogen) atoms. The molecular weight excluding hydrogens is 306 g/mol. The van der Waals surface area contributed by atoms with E-state index in [1.807, 2.05) is 18.5 Å². The summed E-state index contributed by atoms with van der Waals surface area (Å²) in [6.07, 6.45) is 6.64. The summed E-state index contributed by atoms with van der Waals surface area (Å²) in [6.45, 7) is 3.04. The van der Waals surface area contributed by atoms with E-state index >= 15 is 0 Å². The summed E-state index contributed by atoms with van der Waals surface area (Å²) in [7, 11) is 1.80. The third-order valence-corrected chi connectivity index (χ3v) is 5.04. The molecule has 1 atom stereocenters. The highest BCUT2D eigenvalue weighted by molar-refractivity contribution is 7.98. The zero-order valence-corrected chi connectivity index (χ0v) is 14.3. The molecule has 0 N–H and O–H groups in total. The largest absolute Gasteiger partial charge is 0.380 e. The fourth-order valence-corrected chi connectivity index (χ4v) is 3.57. The third kappa shape index (κ3) is 5.03. The van der Waals surface area contributed by atoms with E-state index in [2.05, 4.69) is 39.1 Å². The molecule has 1 aliphatic heterocycles. The summed E-state index contributed by atoms with van der Waals surface area (Å²) in [4.78, 5) is 11.4. The van der Waals surface area contributed by atoms with Gasteiger partial charge in [0.2, 0.25) is 0 Å². The van der Waals surface area contributed by atoms with Crippen LogP contribution in [0.2, 0.25) is 0 Å². The Hall–Kier alpha value is -1.43. The Morgan fingerprint density at radius 1 is 1.17 bits per heavy atom. The zero-order chi connectivity index (χ0) is 15.9. The molecule has 0 saturated carbocycles. The van der Waals surface area contributed by atoms with Gasteiger partial charge in [-0.25, -0.2) is 9.97 Å². The number of methoxy groups -OCH3 is 1. The number of hydrogen-bond donors (Lipinski definition) is 0. The van der Waals surface area contributed by atoms with Crippen LogP contribution in [0.5, 0.6) is 0 Å². The number of aromatic nitrogens is 2. The van der Waals surface area contributed by atoms with E-state index in [0.717, 1.165) is 30.5 Å². The summed E-state index contributed by atoms with van der Waals surface area (Å²) >= 11 is 1.68. The molecule has 1 aromatic carbocycles. The molecule has 2 aromatic rings. The van der Waals surface area contributed by atoms with Crippen LogP contribution in [0.15, 0.2) is 47.9 Å². The van der Waals surface area contributed by atoms with E-state index in [1.165, 1.54) is 24.0 Å². The van der Waals surface area contributed by atoms with Crippen LogP contribution < -0.4 is 0 Å². The molecule has 1 aliphatic rings. The van der Waals surface area contributed by atoms with Gasteiger partial charge in [-0.3, -0.25) is 4.90 Å². The van der Waals surface area contributed by atoms with Gasteiger partial charge in [-0.15, -0.1) is 0 Å². The number of thioether (sulfide) groups is 1. The van der Waals surface area contributed by atoms with Crippen molar-refractivity contribution in [2.45, 2.75) is 36.4 Å². The maximum absolute atomic E-state index is 5.48. The van der Waals surface area contributed by atoms with Crippen molar-refractivity contribution >= 4 is 11.8 Å². The minimum Gasteiger partial charge on any atom is -0.380 e. The van der Waals surface area contributed by atoms with E-state index in [0.29, 0.717) is 6.10 Å². The van der Waals surface area contributed by atoms with Gasteiger partial charge in [0.1, 0.15) is 0 Å². The first kappa shape index (κ1) is 16.4. The number of benzene rings is 1. The SMILES string of the molecule is CO[C@@H]1CCCN(Cc2cnc(SCc3ccccc3)nc2)C1. The second-order valence-corrected chi connectivity index (χ2v) is 6.83. The first-order chi connectivity index (χ1) is 11.3. The van der Waals surface area contributed by atoms with Crippen LogP contribution in [0.3, 0.4) is 0 Å². The number of nitrogens with zero attached hydrogens (tertiary/aromatic N) is 3. The number of rotatable bonds is 6. The molecule has 0 bridgehead atoms. The summed E-state index contributed by atoms with van der Waals surface area (Å²) in [5.41, 5.74) is 2.47. The van der Waals surface area contributed by atoms with Gasteiger partial charge in [0.15, 0.2) is 5.16 Å². The molecule has 4 nitrogen and oxygen atoms in total. The standard InChI is InChI=1S/C18H23N3OS/c1-22-17-8-5-9-21(13-17)12-16-10-19-18(20-11-16)23-14-15-6-3-2-4-7-15/h2-4,6-7,10-11,17H,5,8-9,12-14H2,1H3/t17-/m1/s1. The molecule has 2 heterocycles. The van der Waals surface area contributed by atoms with Gasteiger partial charge >= 0.3 is 0 Å². The molecule has 0 unspecified atom stereocenters. The Labute approximate surface area is 142 Å². The monoisotopic (exact) mass is 329 g/mol. The van der Waals surface area contributed by atoms with Gasteiger partial charge in [0, 0.05) is 43.9 Å². The number of hydrogen-bond acceptors (Lipinski definition) is 5. The Kier molecular flexibility index (Phi) is 6.02. The normalized spacial score (nSPS) is 18.9. The van der Waals surface area contributed by atoms with Gasteiger partial charge in [-0.2, -0.15) is 0 Å². The fraction of sp³-hybridized carbons (Fsp3) is 0.444. The smallest absolute Gasteiger partial charge is 0.187 e. The van der Waals surface area contributed by atoms with Crippen molar-refractivity contribution < 1.29 is 4.74 Å². The Morgan fingerprint density at radius 2 is 1.96 bits per heavy atom. The lowest BCUT2D eigenvalue weighted by Crippen LogP contribution is -2.38. The van der Waals surface area contributed by atoms with E-state index < -0.39 is 0 Å². The fourth-order valence-electron chi connectivity index (χ4n) is 2.83. The molecule has 0 spiro atoms. The van der Waals surface area contributed by atoms with Crippen molar-refractivity contribution in [2.24, 2.45) is 0 Å². The molecule has 1 fully saturated rings. The first-order valence-corrected chi connectivity index (χ1v) is 9.05. The first-order valence-electron chi connectivity index (χ1n) is 8.06. The molecule has 5 heteroatoms. The molecule has 1 saturated heterocycles. The summed E-state index contributed by atoms with van der Waals surface area (Å²) in [5, 5.41) is 0.839. The second-order valence-electron chi connectivity index (χ2n) is 5.88. The van der Waals surface area contributed by atoms with Crippen molar-refractivity contribution in [3.8, 4) is 0 Å². The lowest BCUT2D eigenvalue weighted by molar-refractivity contribution is 0.0285. The molecule has 0 aliphatic carbocycles. The number of piperidine rings is 1. The average molecular weight is 329 g/mol. The van der Waals surface area contributed by atoms with Gasteiger partial charge in [-0.1, -0.05) is 42.1 Å². The van der Waals surface area contributed by atoms with Gasteiger partial charge < -0.3 is 4.74 Å². The van der Waals surface area contributed by atoms with E-state index in [4.69, 9.17) is 4.74 Å². The highest BCUT2D eigenvalue weighted by Crippen LogP contribution is 2.19. The third-order valence-electron chi connectivity index (χ3n) is 4.09. The van der Waals surface area contributed by atoms with Gasteiger partial charge in [0.25, 0.3) is 0 Å². The van der Waals surface area contributed by atoms with Crippen LogP contribution in [0.1, 0.15) is 24.0 Å². The van der Waals surface area contributed by atoms with Crippen molar-refractivity contribution in [2.75, 3.05) is 20.2 Å². The predicted molar refractivity (Wildman–Crippen MR) is 93.3 cm³/mol. The Balaban J connectivity index is 1.51. The topological polar surface area (TPSA) is 38.2 Å². The number of likely N-dealkylation sites (tertiary alicyclic amines) is 1. The minimum absolute atomic E-state index is 0.366. The summed E-state index contributed by atoms with van der Waals surface area (Å²) in [5.74, 6) is 0.905. The molecule has 122 valence electrons. The van der Waals surface area contributed by atoms with Crippen molar-refractivity contribution in [1.82, 2.24) is 14.9 Å².